The molecular weight excluding hydrogens is 431 g/mol. The first-order chi connectivity index (χ1) is 16.5. The van der Waals surface area contributed by atoms with E-state index in [9.17, 15) is 9.18 Å². The van der Waals surface area contributed by atoms with Gasteiger partial charge in [0, 0.05) is 64.0 Å². The first kappa shape index (κ1) is 24.6. The van der Waals surface area contributed by atoms with E-state index in [1.165, 1.54) is 23.4 Å². The Balaban J connectivity index is 1.54. The molecule has 34 heavy (non-hydrogen) atoms. The van der Waals surface area contributed by atoms with Gasteiger partial charge in [0.25, 0.3) is 5.91 Å². The predicted molar refractivity (Wildman–Crippen MR) is 134 cm³/mol. The summed E-state index contributed by atoms with van der Waals surface area (Å²) >= 11 is 0. The van der Waals surface area contributed by atoms with E-state index >= 15 is 0 Å². The van der Waals surface area contributed by atoms with Crippen LogP contribution in [-0.2, 0) is 13.0 Å². The van der Waals surface area contributed by atoms with Gasteiger partial charge in [0.2, 0.25) is 0 Å². The van der Waals surface area contributed by atoms with E-state index in [-0.39, 0.29) is 17.8 Å². The first-order valence-corrected chi connectivity index (χ1v) is 12.4. The smallest absolute Gasteiger partial charge is 0.254 e. The lowest BCUT2D eigenvalue weighted by Gasteiger charge is -2.40. The van der Waals surface area contributed by atoms with Crippen LogP contribution >= 0.6 is 0 Å². The summed E-state index contributed by atoms with van der Waals surface area (Å²) in [6.07, 6.45) is 2.91. The summed E-state index contributed by atoms with van der Waals surface area (Å²) in [6.45, 7) is 11.7. The fourth-order valence-corrected chi connectivity index (χ4v) is 4.97. The van der Waals surface area contributed by atoms with Crippen LogP contribution in [0.2, 0.25) is 0 Å². The van der Waals surface area contributed by atoms with Gasteiger partial charge in [-0.3, -0.25) is 9.69 Å². The molecule has 1 aromatic heterocycles. The monoisotopic (exact) mass is 468 g/mol. The second-order valence-electron chi connectivity index (χ2n) is 9.48. The second-order valence-corrected chi connectivity index (χ2v) is 9.48. The Labute approximate surface area is 202 Å². The van der Waals surface area contributed by atoms with E-state index < -0.39 is 0 Å². The van der Waals surface area contributed by atoms with Gasteiger partial charge in [-0.1, -0.05) is 6.07 Å². The van der Waals surface area contributed by atoms with Crippen LogP contribution in [0.4, 0.5) is 10.2 Å². The number of halogens is 1. The fourth-order valence-electron chi connectivity index (χ4n) is 4.97. The molecule has 3 heterocycles. The zero-order valence-electron chi connectivity index (χ0n) is 20.4. The van der Waals surface area contributed by atoms with E-state index in [2.05, 4.69) is 46.1 Å². The van der Waals surface area contributed by atoms with Crippen molar-refractivity contribution in [2.45, 2.75) is 39.3 Å². The maximum Gasteiger partial charge on any atom is 0.254 e. The van der Waals surface area contributed by atoms with E-state index in [1.807, 2.05) is 4.90 Å². The Morgan fingerprint density at radius 3 is 2.65 bits per heavy atom. The van der Waals surface area contributed by atoms with Crippen molar-refractivity contribution in [2.75, 3.05) is 57.3 Å². The SMILES string of the molecule is Cc1cc(CCCN)c(C(=O)N2CCN(c3ccc(F)cn3)C[C@@H]2C)cc1CN1CCNCC1. The lowest BCUT2D eigenvalue weighted by atomic mass is 9.94. The summed E-state index contributed by atoms with van der Waals surface area (Å²) in [4.78, 5) is 24.6. The van der Waals surface area contributed by atoms with Crippen LogP contribution in [0.5, 0.6) is 0 Å². The number of piperazine rings is 2. The highest BCUT2D eigenvalue weighted by Crippen LogP contribution is 2.25. The van der Waals surface area contributed by atoms with E-state index in [0.29, 0.717) is 26.2 Å². The summed E-state index contributed by atoms with van der Waals surface area (Å²) < 4.78 is 13.3. The van der Waals surface area contributed by atoms with Crippen molar-refractivity contribution < 1.29 is 9.18 Å². The molecule has 3 N–H and O–H groups in total. The van der Waals surface area contributed by atoms with Crippen LogP contribution in [-0.4, -0.2) is 79.1 Å². The number of carbonyl (C=O) groups is 1. The molecule has 7 nitrogen and oxygen atoms in total. The number of aryl methyl sites for hydroxylation is 2. The van der Waals surface area contributed by atoms with Crippen LogP contribution in [0.3, 0.4) is 0 Å². The van der Waals surface area contributed by atoms with Crippen LogP contribution < -0.4 is 16.0 Å². The van der Waals surface area contributed by atoms with E-state index in [1.54, 1.807) is 6.07 Å². The standard InChI is InChI=1S/C26H37FN6O/c1-19-14-21(4-3-7-28)24(15-22(19)18-31-10-8-29-9-11-31)26(34)33-13-12-32(17-20(33)2)25-6-5-23(27)16-30-25/h5-6,14-16,20,29H,3-4,7-13,17-18,28H2,1-2H3/t20-/m0/s1. The van der Waals surface area contributed by atoms with Crippen molar-refractivity contribution in [3.63, 3.8) is 0 Å². The third-order valence-corrected chi connectivity index (χ3v) is 6.97. The summed E-state index contributed by atoms with van der Waals surface area (Å²) in [6, 6.07) is 7.48. The van der Waals surface area contributed by atoms with Gasteiger partial charge in [-0.2, -0.15) is 0 Å². The number of pyridine rings is 1. The third-order valence-electron chi connectivity index (χ3n) is 6.97. The molecule has 4 rings (SSSR count). The van der Waals surface area contributed by atoms with Gasteiger partial charge in [-0.05, 0) is 68.1 Å². The molecule has 1 aromatic carbocycles. The number of benzene rings is 1. The Kier molecular flexibility index (Phi) is 8.13. The van der Waals surface area contributed by atoms with Gasteiger partial charge in [0.15, 0.2) is 0 Å². The van der Waals surface area contributed by atoms with Crippen molar-refractivity contribution in [1.82, 2.24) is 20.1 Å². The number of amides is 1. The summed E-state index contributed by atoms with van der Waals surface area (Å²) in [5, 5.41) is 3.40. The van der Waals surface area contributed by atoms with Gasteiger partial charge in [0.1, 0.15) is 11.6 Å². The Bertz CT molecular complexity index is 976. The highest BCUT2D eigenvalue weighted by molar-refractivity contribution is 5.96. The molecule has 2 saturated heterocycles. The largest absolute Gasteiger partial charge is 0.353 e. The lowest BCUT2D eigenvalue weighted by molar-refractivity contribution is 0.0672. The Hall–Kier alpha value is -2.55. The summed E-state index contributed by atoms with van der Waals surface area (Å²) in [5.41, 5.74) is 10.2. The van der Waals surface area contributed by atoms with E-state index in [4.69, 9.17) is 5.73 Å². The molecule has 0 radical (unpaired) electrons. The molecule has 184 valence electrons. The predicted octanol–water partition coefficient (Wildman–Crippen LogP) is 2.18. The van der Waals surface area contributed by atoms with Gasteiger partial charge in [0.05, 0.1) is 6.20 Å². The number of rotatable bonds is 7. The maximum absolute atomic E-state index is 13.8. The fraction of sp³-hybridized carbons (Fsp3) is 0.538. The minimum Gasteiger partial charge on any atom is -0.353 e. The van der Waals surface area contributed by atoms with Crippen LogP contribution in [0.25, 0.3) is 0 Å². The number of nitrogens with two attached hydrogens (primary N) is 1. The average Bonchev–Trinajstić information content (AvgIpc) is 2.84. The first-order valence-electron chi connectivity index (χ1n) is 12.4. The normalized spacial score (nSPS) is 19.5. The molecule has 8 heteroatoms. The minimum absolute atomic E-state index is 0.0217. The van der Waals surface area contributed by atoms with Crippen molar-refractivity contribution in [2.24, 2.45) is 5.73 Å². The number of nitrogens with zero attached hydrogens (tertiary/aromatic N) is 4. The number of hydrogen-bond donors (Lipinski definition) is 2. The summed E-state index contributed by atoms with van der Waals surface area (Å²) in [7, 11) is 0. The van der Waals surface area contributed by atoms with Crippen LogP contribution in [0.1, 0.15) is 40.4 Å². The zero-order valence-corrected chi connectivity index (χ0v) is 20.4. The molecule has 2 aliphatic rings. The van der Waals surface area contributed by atoms with Crippen molar-refractivity contribution in [3.05, 3.63) is 58.5 Å². The number of anilines is 1. The third kappa shape index (κ3) is 5.74. The van der Waals surface area contributed by atoms with Gasteiger partial charge in [-0.25, -0.2) is 9.37 Å². The quantitative estimate of drug-likeness (QED) is 0.649. The van der Waals surface area contributed by atoms with Gasteiger partial charge >= 0.3 is 0 Å². The number of carbonyl (C=O) groups excluding carboxylic acids is 1. The van der Waals surface area contributed by atoms with Crippen molar-refractivity contribution >= 4 is 11.7 Å². The molecule has 0 bridgehead atoms. The maximum atomic E-state index is 13.8. The number of hydrogen-bond acceptors (Lipinski definition) is 6. The molecule has 0 aliphatic carbocycles. The highest BCUT2D eigenvalue weighted by Gasteiger charge is 2.30. The minimum atomic E-state index is -0.341. The molecule has 0 saturated carbocycles. The molecule has 2 fully saturated rings. The topological polar surface area (TPSA) is 77.7 Å². The Morgan fingerprint density at radius 1 is 1.18 bits per heavy atom. The number of nitrogens with one attached hydrogen (secondary N) is 1. The molecule has 2 aromatic rings. The van der Waals surface area contributed by atoms with Crippen LogP contribution in [0.15, 0.2) is 30.5 Å². The summed E-state index contributed by atoms with van der Waals surface area (Å²) in [5.74, 6) is 0.497. The average molecular weight is 469 g/mol. The van der Waals surface area contributed by atoms with Crippen molar-refractivity contribution in [1.29, 1.82) is 0 Å². The molecular formula is C26H37FN6O. The molecule has 1 atom stereocenters. The van der Waals surface area contributed by atoms with Crippen molar-refractivity contribution in [3.8, 4) is 0 Å². The molecule has 1 amide bonds. The van der Waals surface area contributed by atoms with Crippen LogP contribution in [0, 0.1) is 12.7 Å². The zero-order chi connectivity index (χ0) is 24.1. The van der Waals surface area contributed by atoms with Gasteiger partial charge in [-0.15, -0.1) is 0 Å². The van der Waals surface area contributed by atoms with Gasteiger partial charge < -0.3 is 20.9 Å². The second kappa shape index (κ2) is 11.3. The number of aromatic nitrogens is 1. The molecule has 0 unspecified atom stereocenters. The molecule has 2 aliphatic heterocycles. The highest BCUT2D eigenvalue weighted by atomic mass is 19.1. The Morgan fingerprint density at radius 2 is 1.97 bits per heavy atom. The van der Waals surface area contributed by atoms with E-state index in [0.717, 1.165) is 62.5 Å². The lowest BCUT2D eigenvalue weighted by Crippen LogP contribution is -2.54. The molecule has 0 spiro atoms.